The lowest BCUT2D eigenvalue weighted by atomic mass is 10.0. The fraction of sp³-hybridized carbons (Fsp3) is 0.259. The molecule has 0 unspecified atom stereocenters. The molecule has 7 nitrogen and oxygen atoms in total. The lowest BCUT2D eigenvalue weighted by Gasteiger charge is -2.31. The number of carbonyl (C=O) groups is 2. The van der Waals surface area contributed by atoms with Gasteiger partial charge in [-0.05, 0) is 18.1 Å². The van der Waals surface area contributed by atoms with Crippen LogP contribution in [0.4, 0.5) is 10.1 Å². The van der Waals surface area contributed by atoms with Gasteiger partial charge in [-0.2, -0.15) is 0 Å². The first kappa shape index (κ1) is 25.6. The van der Waals surface area contributed by atoms with Crippen molar-refractivity contribution < 1.29 is 18.9 Å². The average Bonchev–Trinajstić information content (AvgIpc) is 2.86. The van der Waals surface area contributed by atoms with E-state index in [0.29, 0.717) is 13.0 Å². The number of rotatable bonds is 11. The summed E-state index contributed by atoms with van der Waals surface area (Å²) in [5.74, 6) is -1.36. The second-order valence-corrected chi connectivity index (χ2v) is 8.17. The van der Waals surface area contributed by atoms with Gasteiger partial charge in [-0.25, -0.2) is 4.39 Å². The highest BCUT2D eigenvalue weighted by Crippen LogP contribution is 2.22. The standard InChI is InChI=1S/C27H28FN3O4/c1-2-16-29-27(33)25(17-20-10-4-3-5-11-20)30(19-22-13-6-8-14-23(22)28)26(32)18-21-12-7-9-15-24(21)31(34)35/h3-15,25H,2,16-19H2,1H3,(H,29,33)/t25-/m0/s1. The SMILES string of the molecule is CCCNC(=O)[C@H](Cc1ccccc1)N(Cc1ccccc1F)C(=O)Cc1ccccc1[N+](=O)[O-]. The first-order valence-corrected chi connectivity index (χ1v) is 11.5. The molecule has 0 saturated carbocycles. The molecule has 0 aliphatic heterocycles. The third-order valence-corrected chi connectivity index (χ3v) is 5.65. The summed E-state index contributed by atoms with van der Waals surface area (Å²) in [4.78, 5) is 39.1. The maximum atomic E-state index is 14.6. The van der Waals surface area contributed by atoms with Gasteiger partial charge in [0, 0.05) is 36.7 Å². The Morgan fingerprint density at radius 1 is 0.971 bits per heavy atom. The third-order valence-electron chi connectivity index (χ3n) is 5.65. The van der Waals surface area contributed by atoms with Crippen LogP contribution < -0.4 is 5.32 Å². The van der Waals surface area contributed by atoms with Crippen LogP contribution in [0.2, 0.25) is 0 Å². The van der Waals surface area contributed by atoms with Gasteiger partial charge in [0.2, 0.25) is 11.8 Å². The highest BCUT2D eigenvalue weighted by Gasteiger charge is 2.31. The molecule has 1 atom stereocenters. The molecule has 0 aromatic heterocycles. The minimum absolute atomic E-state index is 0.150. The molecule has 1 N–H and O–H groups in total. The van der Waals surface area contributed by atoms with Crippen LogP contribution in [0.1, 0.15) is 30.0 Å². The van der Waals surface area contributed by atoms with Crippen molar-refractivity contribution >= 4 is 17.5 Å². The van der Waals surface area contributed by atoms with Crippen molar-refractivity contribution in [3.63, 3.8) is 0 Å². The summed E-state index contributed by atoms with van der Waals surface area (Å²) in [5.41, 5.74) is 1.14. The van der Waals surface area contributed by atoms with Gasteiger partial charge in [0.15, 0.2) is 0 Å². The number of hydrogen-bond acceptors (Lipinski definition) is 4. The second kappa shape index (κ2) is 12.4. The van der Waals surface area contributed by atoms with Crippen LogP contribution in [0, 0.1) is 15.9 Å². The maximum absolute atomic E-state index is 14.6. The zero-order valence-corrected chi connectivity index (χ0v) is 19.5. The van der Waals surface area contributed by atoms with E-state index >= 15 is 0 Å². The molecule has 35 heavy (non-hydrogen) atoms. The molecular weight excluding hydrogens is 449 g/mol. The van der Waals surface area contributed by atoms with Gasteiger partial charge < -0.3 is 10.2 Å². The van der Waals surface area contributed by atoms with Crippen LogP contribution in [0.25, 0.3) is 0 Å². The average molecular weight is 478 g/mol. The van der Waals surface area contributed by atoms with Gasteiger partial charge >= 0.3 is 0 Å². The minimum Gasteiger partial charge on any atom is -0.354 e. The third kappa shape index (κ3) is 6.96. The molecule has 3 aromatic carbocycles. The Morgan fingerprint density at radius 2 is 1.60 bits per heavy atom. The Bertz CT molecular complexity index is 1170. The van der Waals surface area contributed by atoms with Crippen LogP contribution in [-0.4, -0.2) is 34.2 Å². The summed E-state index contributed by atoms with van der Waals surface area (Å²) in [6.07, 6.45) is 0.632. The van der Waals surface area contributed by atoms with Crippen molar-refractivity contribution in [2.45, 2.75) is 38.8 Å². The number of nitro benzene ring substituents is 1. The van der Waals surface area contributed by atoms with E-state index in [-0.39, 0.29) is 42.1 Å². The van der Waals surface area contributed by atoms with Crippen LogP contribution in [0.3, 0.4) is 0 Å². The van der Waals surface area contributed by atoms with Crippen LogP contribution in [-0.2, 0) is 29.0 Å². The Hall–Kier alpha value is -4.07. The number of nitro groups is 1. The number of halogens is 1. The van der Waals surface area contributed by atoms with Gasteiger partial charge in [0.25, 0.3) is 5.69 Å². The molecule has 0 bridgehead atoms. The first-order valence-electron chi connectivity index (χ1n) is 11.5. The van der Waals surface area contributed by atoms with Crippen molar-refractivity contribution in [1.82, 2.24) is 10.2 Å². The summed E-state index contributed by atoms with van der Waals surface area (Å²) in [6, 6.07) is 20.4. The highest BCUT2D eigenvalue weighted by atomic mass is 19.1. The number of carbonyl (C=O) groups excluding carboxylic acids is 2. The van der Waals surface area contributed by atoms with Crippen molar-refractivity contribution in [2.75, 3.05) is 6.54 Å². The quantitative estimate of drug-likeness (QED) is 0.326. The largest absolute Gasteiger partial charge is 0.354 e. The molecular formula is C27H28FN3O4. The van der Waals surface area contributed by atoms with Gasteiger partial charge in [0.05, 0.1) is 11.3 Å². The molecule has 0 spiro atoms. The van der Waals surface area contributed by atoms with Crippen molar-refractivity contribution in [3.05, 3.63) is 111 Å². The second-order valence-electron chi connectivity index (χ2n) is 8.17. The van der Waals surface area contributed by atoms with Gasteiger partial charge in [-0.3, -0.25) is 19.7 Å². The molecule has 0 heterocycles. The lowest BCUT2D eigenvalue weighted by molar-refractivity contribution is -0.385. The number of hydrogen-bond donors (Lipinski definition) is 1. The number of para-hydroxylation sites is 1. The van der Waals surface area contributed by atoms with E-state index in [1.54, 1.807) is 24.3 Å². The summed E-state index contributed by atoms with van der Waals surface area (Å²) >= 11 is 0. The molecule has 182 valence electrons. The van der Waals surface area contributed by atoms with Crippen molar-refractivity contribution in [3.8, 4) is 0 Å². The van der Waals surface area contributed by atoms with Gasteiger partial charge in [-0.15, -0.1) is 0 Å². The molecule has 0 aliphatic rings. The molecule has 0 aliphatic carbocycles. The monoisotopic (exact) mass is 477 g/mol. The molecule has 3 aromatic rings. The zero-order chi connectivity index (χ0) is 25.2. The fourth-order valence-corrected chi connectivity index (χ4v) is 3.83. The molecule has 0 fully saturated rings. The maximum Gasteiger partial charge on any atom is 0.273 e. The summed E-state index contributed by atoms with van der Waals surface area (Å²) in [5, 5.41) is 14.3. The number of nitrogens with zero attached hydrogens (tertiary/aromatic N) is 2. The lowest BCUT2D eigenvalue weighted by Crippen LogP contribution is -2.51. The predicted octanol–water partition coefficient (Wildman–Crippen LogP) is 4.44. The van der Waals surface area contributed by atoms with Crippen LogP contribution >= 0.6 is 0 Å². The Balaban J connectivity index is 2.01. The summed E-state index contributed by atoms with van der Waals surface area (Å²) < 4.78 is 14.6. The van der Waals surface area contributed by atoms with E-state index in [4.69, 9.17) is 0 Å². The topological polar surface area (TPSA) is 92.6 Å². The Labute approximate surface area is 203 Å². The Morgan fingerprint density at radius 3 is 2.26 bits per heavy atom. The number of amides is 2. The molecule has 0 radical (unpaired) electrons. The molecule has 8 heteroatoms. The Kier molecular flexibility index (Phi) is 9.06. The predicted molar refractivity (Wildman–Crippen MR) is 131 cm³/mol. The summed E-state index contributed by atoms with van der Waals surface area (Å²) in [7, 11) is 0. The van der Waals surface area contributed by atoms with Gasteiger partial charge in [0.1, 0.15) is 11.9 Å². The van der Waals surface area contributed by atoms with E-state index in [1.807, 2.05) is 37.3 Å². The van der Waals surface area contributed by atoms with Gasteiger partial charge in [-0.1, -0.05) is 73.7 Å². The minimum atomic E-state index is -0.932. The summed E-state index contributed by atoms with van der Waals surface area (Å²) in [6.45, 7) is 2.20. The number of nitrogens with one attached hydrogen (secondary N) is 1. The number of benzene rings is 3. The fourth-order valence-electron chi connectivity index (χ4n) is 3.83. The van der Waals surface area contributed by atoms with Crippen molar-refractivity contribution in [1.29, 1.82) is 0 Å². The molecule has 2 amide bonds. The van der Waals surface area contributed by atoms with Crippen LogP contribution in [0.15, 0.2) is 78.9 Å². The normalized spacial score (nSPS) is 11.5. The van der Waals surface area contributed by atoms with E-state index in [0.717, 1.165) is 5.56 Å². The highest BCUT2D eigenvalue weighted by molar-refractivity contribution is 5.89. The molecule has 0 saturated heterocycles. The molecule has 3 rings (SSSR count). The van der Waals surface area contributed by atoms with Crippen molar-refractivity contribution in [2.24, 2.45) is 0 Å². The van der Waals surface area contributed by atoms with E-state index < -0.39 is 22.7 Å². The smallest absolute Gasteiger partial charge is 0.273 e. The van der Waals surface area contributed by atoms with E-state index in [2.05, 4.69) is 5.32 Å². The first-order chi connectivity index (χ1) is 16.9. The zero-order valence-electron chi connectivity index (χ0n) is 19.5. The van der Waals surface area contributed by atoms with E-state index in [9.17, 15) is 24.1 Å². The van der Waals surface area contributed by atoms with Crippen LogP contribution in [0.5, 0.6) is 0 Å². The van der Waals surface area contributed by atoms with E-state index in [1.165, 1.54) is 29.2 Å².